The average molecular weight is 346 g/mol. The molecule has 0 radical (unpaired) electrons. The Bertz CT molecular complexity index is 680. The Kier molecular flexibility index (Phi) is 4.81. The van der Waals surface area contributed by atoms with Crippen molar-refractivity contribution in [3.63, 3.8) is 0 Å². The number of carbonyl (C=O) groups excluding carboxylic acids is 1. The van der Waals surface area contributed by atoms with Gasteiger partial charge in [0.25, 0.3) is 0 Å². The molecular weight excluding hydrogens is 326 g/mol. The number of nitrogens with two attached hydrogens (primary N) is 2. The van der Waals surface area contributed by atoms with E-state index in [1.807, 2.05) is 0 Å². The van der Waals surface area contributed by atoms with Crippen LogP contribution >= 0.6 is 12.4 Å². The van der Waals surface area contributed by atoms with E-state index in [0.717, 1.165) is 12.8 Å². The van der Waals surface area contributed by atoms with E-state index in [9.17, 15) is 13.2 Å². The molecule has 1 heterocycles. The second-order valence-electron chi connectivity index (χ2n) is 5.88. The van der Waals surface area contributed by atoms with Gasteiger partial charge in [0.15, 0.2) is 0 Å². The Morgan fingerprint density at radius 1 is 1.23 bits per heavy atom. The van der Waals surface area contributed by atoms with Crippen LogP contribution in [0.5, 0.6) is 0 Å². The van der Waals surface area contributed by atoms with Crippen molar-refractivity contribution < 1.29 is 13.2 Å². The minimum atomic E-state index is -3.59. The van der Waals surface area contributed by atoms with Gasteiger partial charge >= 0.3 is 0 Å². The molecule has 0 spiro atoms. The number of primary amides is 1. The van der Waals surface area contributed by atoms with Crippen LogP contribution in [0.1, 0.15) is 23.2 Å². The molecule has 0 bridgehead atoms. The molecular formula is C14H20ClN3O3S. The van der Waals surface area contributed by atoms with E-state index in [1.54, 1.807) is 0 Å². The highest BCUT2D eigenvalue weighted by atomic mass is 35.5. The zero-order valence-corrected chi connectivity index (χ0v) is 13.6. The first kappa shape index (κ1) is 17.2. The molecule has 22 heavy (non-hydrogen) atoms. The van der Waals surface area contributed by atoms with Gasteiger partial charge in [0.2, 0.25) is 15.9 Å². The largest absolute Gasteiger partial charge is 0.366 e. The first-order valence-electron chi connectivity index (χ1n) is 7.05. The molecule has 1 aliphatic carbocycles. The third-order valence-electron chi connectivity index (χ3n) is 4.64. The molecule has 1 aliphatic heterocycles. The van der Waals surface area contributed by atoms with Gasteiger partial charge in [-0.15, -0.1) is 12.4 Å². The molecule has 0 aromatic heterocycles. The molecule has 2 fully saturated rings. The molecule has 4 N–H and O–H groups in total. The molecule has 122 valence electrons. The van der Waals surface area contributed by atoms with Gasteiger partial charge in [0.05, 0.1) is 4.90 Å². The Morgan fingerprint density at radius 3 is 2.59 bits per heavy atom. The van der Waals surface area contributed by atoms with Gasteiger partial charge in [-0.1, -0.05) is 6.07 Å². The van der Waals surface area contributed by atoms with Crippen molar-refractivity contribution >= 4 is 28.3 Å². The zero-order chi connectivity index (χ0) is 15.2. The number of benzene rings is 1. The predicted octanol–water partition coefficient (Wildman–Crippen LogP) is 0.565. The van der Waals surface area contributed by atoms with Gasteiger partial charge in [0, 0.05) is 24.7 Å². The van der Waals surface area contributed by atoms with Crippen LogP contribution in [0.15, 0.2) is 29.2 Å². The molecule has 1 amide bonds. The van der Waals surface area contributed by atoms with Gasteiger partial charge in [-0.25, -0.2) is 8.42 Å². The van der Waals surface area contributed by atoms with E-state index in [0.29, 0.717) is 19.0 Å². The molecule has 3 unspecified atom stereocenters. The summed E-state index contributed by atoms with van der Waals surface area (Å²) in [6, 6.07) is 5.97. The number of halogens is 1. The minimum Gasteiger partial charge on any atom is -0.366 e. The lowest BCUT2D eigenvalue weighted by atomic mass is 9.98. The smallest absolute Gasteiger partial charge is 0.248 e. The SMILES string of the molecule is Cl.NC(=O)c1cccc(S(=O)(=O)N2CC3CCC(N)C3C2)c1. The van der Waals surface area contributed by atoms with E-state index in [4.69, 9.17) is 11.5 Å². The Labute approximate surface area is 136 Å². The van der Waals surface area contributed by atoms with Crippen LogP contribution in [0, 0.1) is 11.8 Å². The van der Waals surface area contributed by atoms with Gasteiger partial charge in [-0.3, -0.25) is 4.79 Å². The second kappa shape index (κ2) is 6.16. The fraction of sp³-hybridized carbons (Fsp3) is 0.500. The molecule has 3 atom stereocenters. The lowest BCUT2D eigenvalue weighted by molar-refractivity contribution is 0.1000. The first-order chi connectivity index (χ1) is 9.89. The standard InChI is InChI=1S/C14H19N3O3S.ClH/c15-13-5-4-10-7-17(8-12(10)13)21(19,20)11-3-1-2-9(6-11)14(16)18;/h1-3,6,10,12-13H,4-5,7-8,15H2,(H2,16,18);1H. The van der Waals surface area contributed by atoms with Crippen molar-refractivity contribution in [1.29, 1.82) is 0 Å². The molecule has 2 aliphatic rings. The van der Waals surface area contributed by atoms with Gasteiger partial charge in [-0.05, 0) is 42.9 Å². The maximum atomic E-state index is 12.7. The fourth-order valence-electron chi connectivity index (χ4n) is 3.42. The summed E-state index contributed by atoms with van der Waals surface area (Å²) in [6.07, 6.45) is 1.96. The normalized spacial score (nSPS) is 28.1. The molecule has 1 aromatic rings. The second-order valence-corrected chi connectivity index (χ2v) is 7.82. The summed E-state index contributed by atoms with van der Waals surface area (Å²) in [6.45, 7) is 0.983. The molecule has 1 aromatic carbocycles. The summed E-state index contributed by atoms with van der Waals surface area (Å²) in [7, 11) is -3.59. The van der Waals surface area contributed by atoms with Crippen molar-refractivity contribution in [1.82, 2.24) is 4.31 Å². The van der Waals surface area contributed by atoms with Gasteiger partial charge in [0.1, 0.15) is 0 Å². The highest BCUT2D eigenvalue weighted by Crippen LogP contribution is 2.39. The summed E-state index contributed by atoms with van der Waals surface area (Å²) < 4.78 is 26.8. The molecule has 6 nitrogen and oxygen atoms in total. The first-order valence-corrected chi connectivity index (χ1v) is 8.49. The number of fused-ring (bicyclic) bond motifs is 1. The summed E-state index contributed by atoms with van der Waals surface area (Å²) in [4.78, 5) is 11.3. The number of hydrogen-bond donors (Lipinski definition) is 2. The third-order valence-corrected chi connectivity index (χ3v) is 6.46. The Morgan fingerprint density at radius 2 is 1.95 bits per heavy atom. The fourth-order valence-corrected chi connectivity index (χ4v) is 5.00. The predicted molar refractivity (Wildman–Crippen MR) is 85.2 cm³/mol. The number of sulfonamides is 1. The van der Waals surface area contributed by atoms with Gasteiger partial charge in [-0.2, -0.15) is 4.31 Å². The van der Waals surface area contributed by atoms with Crippen molar-refractivity contribution in [2.75, 3.05) is 13.1 Å². The van der Waals surface area contributed by atoms with E-state index >= 15 is 0 Å². The summed E-state index contributed by atoms with van der Waals surface area (Å²) >= 11 is 0. The van der Waals surface area contributed by atoms with Crippen LogP contribution in [0.4, 0.5) is 0 Å². The molecule has 1 saturated heterocycles. The monoisotopic (exact) mass is 345 g/mol. The van der Waals surface area contributed by atoms with E-state index in [1.165, 1.54) is 28.6 Å². The Hall–Kier alpha value is -1.15. The quantitative estimate of drug-likeness (QED) is 0.834. The van der Waals surface area contributed by atoms with E-state index < -0.39 is 15.9 Å². The summed E-state index contributed by atoms with van der Waals surface area (Å²) in [5.74, 6) is -0.0273. The van der Waals surface area contributed by atoms with Crippen LogP contribution in [0.3, 0.4) is 0 Å². The van der Waals surface area contributed by atoms with Crippen molar-refractivity contribution in [3.8, 4) is 0 Å². The topological polar surface area (TPSA) is 106 Å². The average Bonchev–Trinajstić information content (AvgIpc) is 3.02. The molecule has 1 saturated carbocycles. The van der Waals surface area contributed by atoms with Crippen molar-refractivity contribution in [2.24, 2.45) is 23.3 Å². The maximum absolute atomic E-state index is 12.7. The number of hydrogen-bond acceptors (Lipinski definition) is 4. The summed E-state index contributed by atoms with van der Waals surface area (Å²) in [5, 5.41) is 0. The maximum Gasteiger partial charge on any atom is 0.248 e. The zero-order valence-electron chi connectivity index (χ0n) is 12.0. The van der Waals surface area contributed by atoms with Crippen LogP contribution in [0.25, 0.3) is 0 Å². The van der Waals surface area contributed by atoms with E-state index in [2.05, 4.69) is 0 Å². The Balaban J connectivity index is 0.00000176. The van der Waals surface area contributed by atoms with Crippen LogP contribution in [0.2, 0.25) is 0 Å². The lowest BCUT2D eigenvalue weighted by Crippen LogP contribution is -2.33. The van der Waals surface area contributed by atoms with Crippen molar-refractivity contribution in [2.45, 2.75) is 23.8 Å². The van der Waals surface area contributed by atoms with Gasteiger partial charge < -0.3 is 11.5 Å². The molecule has 3 rings (SSSR count). The number of amides is 1. The number of nitrogens with zero attached hydrogens (tertiary/aromatic N) is 1. The number of carbonyl (C=O) groups is 1. The third kappa shape index (κ3) is 2.86. The highest BCUT2D eigenvalue weighted by Gasteiger charge is 2.45. The van der Waals surface area contributed by atoms with Crippen molar-refractivity contribution in [3.05, 3.63) is 29.8 Å². The van der Waals surface area contributed by atoms with Crippen LogP contribution in [-0.4, -0.2) is 37.8 Å². The highest BCUT2D eigenvalue weighted by molar-refractivity contribution is 7.89. The number of rotatable bonds is 3. The lowest BCUT2D eigenvalue weighted by Gasteiger charge is -2.18. The minimum absolute atomic E-state index is 0. The summed E-state index contributed by atoms with van der Waals surface area (Å²) in [5.41, 5.74) is 11.5. The van der Waals surface area contributed by atoms with E-state index in [-0.39, 0.29) is 34.8 Å². The molecule has 8 heteroatoms. The van der Waals surface area contributed by atoms with Crippen LogP contribution < -0.4 is 11.5 Å². The van der Waals surface area contributed by atoms with Crippen LogP contribution in [-0.2, 0) is 10.0 Å².